The Kier molecular flexibility index (Phi) is 8.04. The van der Waals surface area contributed by atoms with Crippen LogP contribution in [0.5, 0.6) is 0 Å². The standard InChI is InChI=1S/C25H38N6O/c1-2-26-25(27-20-22-9-8-10-23(19-22)29-11-6-7-12-29)31-17-15-28(16-18-31)21-24(32)30-13-4-3-5-14-30/h6-10,19H,2-5,11-18,20-21H2,1H3,(H,26,27). The van der Waals surface area contributed by atoms with E-state index in [-0.39, 0.29) is 0 Å². The lowest BCUT2D eigenvalue weighted by atomic mass is 10.1. The van der Waals surface area contributed by atoms with E-state index in [2.05, 4.69) is 63.4 Å². The number of nitrogens with zero attached hydrogens (tertiary/aromatic N) is 5. The van der Waals surface area contributed by atoms with Gasteiger partial charge in [0.2, 0.25) is 5.91 Å². The topological polar surface area (TPSA) is 54.4 Å². The van der Waals surface area contributed by atoms with Crippen molar-refractivity contribution in [2.24, 2.45) is 4.99 Å². The number of aliphatic imine (C=N–C) groups is 1. The Morgan fingerprint density at radius 1 is 0.969 bits per heavy atom. The molecule has 0 aliphatic carbocycles. The SMILES string of the molecule is CCNC(=NCc1cccc(N2CC=CC2)c1)N1CCN(CC(=O)N2CCCCC2)CC1. The summed E-state index contributed by atoms with van der Waals surface area (Å²) in [6.07, 6.45) is 8.00. The second-order valence-corrected chi connectivity index (χ2v) is 8.92. The first-order chi connectivity index (χ1) is 15.7. The van der Waals surface area contributed by atoms with Crippen LogP contribution in [0.1, 0.15) is 31.7 Å². The van der Waals surface area contributed by atoms with Crippen LogP contribution < -0.4 is 10.2 Å². The lowest BCUT2D eigenvalue weighted by Crippen LogP contribution is -2.54. The van der Waals surface area contributed by atoms with E-state index in [0.29, 0.717) is 19.0 Å². The molecule has 0 radical (unpaired) electrons. The van der Waals surface area contributed by atoms with Crippen molar-refractivity contribution in [1.82, 2.24) is 20.0 Å². The minimum Gasteiger partial charge on any atom is -0.364 e. The normalized spacial score (nSPS) is 20.2. The van der Waals surface area contributed by atoms with Gasteiger partial charge in [0, 0.05) is 64.6 Å². The quantitative estimate of drug-likeness (QED) is 0.419. The van der Waals surface area contributed by atoms with Crippen LogP contribution >= 0.6 is 0 Å². The number of carbonyl (C=O) groups is 1. The van der Waals surface area contributed by atoms with Gasteiger partial charge in [-0.1, -0.05) is 24.3 Å². The fourth-order valence-corrected chi connectivity index (χ4v) is 4.68. The molecule has 0 saturated carbocycles. The molecule has 32 heavy (non-hydrogen) atoms. The average Bonchev–Trinajstić information content (AvgIpc) is 3.38. The molecule has 1 aromatic rings. The third-order valence-corrected chi connectivity index (χ3v) is 6.58. The number of benzene rings is 1. The maximum Gasteiger partial charge on any atom is 0.236 e. The maximum atomic E-state index is 12.6. The highest BCUT2D eigenvalue weighted by Gasteiger charge is 2.24. The molecule has 3 aliphatic heterocycles. The van der Waals surface area contributed by atoms with Crippen molar-refractivity contribution in [1.29, 1.82) is 0 Å². The number of likely N-dealkylation sites (tertiary alicyclic amines) is 1. The van der Waals surface area contributed by atoms with Gasteiger partial charge < -0.3 is 20.0 Å². The van der Waals surface area contributed by atoms with Crippen molar-refractivity contribution in [2.75, 3.05) is 70.3 Å². The van der Waals surface area contributed by atoms with E-state index in [1.807, 2.05) is 4.90 Å². The van der Waals surface area contributed by atoms with E-state index in [4.69, 9.17) is 4.99 Å². The van der Waals surface area contributed by atoms with Crippen LogP contribution in [0.15, 0.2) is 41.4 Å². The Balaban J connectivity index is 1.30. The first-order valence-corrected chi connectivity index (χ1v) is 12.2. The molecule has 0 spiro atoms. The van der Waals surface area contributed by atoms with E-state index in [1.54, 1.807) is 0 Å². The number of nitrogens with one attached hydrogen (secondary N) is 1. The Bertz CT molecular complexity index is 800. The molecule has 2 fully saturated rings. The highest BCUT2D eigenvalue weighted by atomic mass is 16.2. The number of guanidine groups is 1. The van der Waals surface area contributed by atoms with E-state index in [0.717, 1.165) is 77.7 Å². The number of carbonyl (C=O) groups excluding carboxylic acids is 1. The number of rotatable bonds is 6. The second-order valence-electron chi connectivity index (χ2n) is 8.92. The minimum atomic E-state index is 0.298. The molecule has 2 saturated heterocycles. The van der Waals surface area contributed by atoms with Gasteiger partial charge in [0.25, 0.3) is 0 Å². The molecule has 7 heteroatoms. The van der Waals surface area contributed by atoms with E-state index in [1.165, 1.54) is 17.7 Å². The van der Waals surface area contributed by atoms with Gasteiger partial charge >= 0.3 is 0 Å². The summed E-state index contributed by atoms with van der Waals surface area (Å²) >= 11 is 0. The Hall–Kier alpha value is -2.54. The molecule has 3 heterocycles. The van der Waals surface area contributed by atoms with E-state index in [9.17, 15) is 4.79 Å². The lowest BCUT2D eigenvalue weighted by molar-refractivity contribution is -0.133. The molecule has 0 unspecified atom stereocenters. The molecule has 1 amide bonds. The molecule has 3 aliphatic rings. The van der Waals surface area contributed by atoms with Crippen molar-refractivity contribution in [3.05, 3.63) is 42.0 Å². The zero-order valence-corrected chi connectivity index (χ0v) is 19.5. The van der Waals surface area contributed by atoms with Gasteiger partial charge in [-0.2, -0.15) is 0 Å². The largest absolute Gasteiger partial charge is 0.364 e. The van der Waals surface area contributed by atoms with Crippen LogP contribution in [0.2, 0.25) is 0 Å². The number of piperazine rings is 1. The third-order valence-electron chi connectivity index (χ3n) is 6.58. The highest BCUT2D eigenvalue weighted by Crippen LogP contribution is 2.19. The third kappa shape index (κ3) is 6.03. The summed E-state index contributed by atoms with van der Waals surface area (Å²) in [6.45, 7) is 11.7. The molecule has 0 bridgehead atoms. The van der Waals surface area contributed by atoms with Crippen LogP contribution in [0.25, 0.3) is 0 Å². The number of hydrogen-bond acceptors (Lipinski definition) is 4. The zero-order chi connectivity index (χ0) is 22.2. The van der Waals surface area contributed by atoms with Crippen LogP contribution in [0.3, 0.4) is 0 Å². The number of amides is 1. The van der Waals surface area contributed by atoms with Crippen molar-refractivity contribution in [2.45, 2.75) is 32.7 Å². The van der Waals surface area contributed by atoms with Crippen LogP contribution in [-0.4, -0.2) is 92.0 Å². The molecule has 1 N–H and O–H groups in total. The Morgan fingerprint density at radius 3 is 2.44 bits per heavy atom. The molecular weight excluding hydrogens is 400 g/mol. The predicted octanol–water partition coefficient (Wildman–Crippen LogP) is 2.16. The van der Waals surface area contributed by atoms with Crippen LogP contribution in [0.4, 0.5) is 5.69 Å². The smallest absolute Gasteiger partial charge is 0.236 e. The maximum absolute atomic E-state index is 12.6. The van der Waals surface area contributed by atoms with Crippen molar-refractivity contribution < 1.29 is 4.79 Å². The van der Waals surface area contributed by atoms with Crippen molar-refractivity contribution in [3.63, 3.8) is 0 Å². The van der Waals surface area contributed by atoms with Gasteiger partial charge in [-0.05, 0) is 43.9 Å². The van der Waals surface area contributed by atoms with Crippen LogP contribution in [0, 0.1) is 0 Å². The predicted molar refractivity (Wildman–Crippen MR) is 131 cm³/mol. The summed E-state index contributed by atoms with van der Waals surface area (Å²) in [5, 5.41) is 3.46. The van der Waals surface area contributed by atoms with Gasteiger partial charge in [-0.15, -0.1) is 0 Å². The Labute approximate surface area is 192 Å². The minimum absolute atomic E-state index is 0.298. The number of piperidine rings is 1. The van der Waals surface area contributed by atoms with Gasteiger partial charge in [0.05, 0.1) is 13.1 Å². The molecule has 0 aromatic heterocycles. The molecule has 1 aromatic carbocycles. The number of anilines is 1. The van der Waals surface area contributed by atoms with Gasteiger partial charge in [-0.3, -0.25) is 9.69 Å². The first kappa shape index (κ1) is 22.6. The molecule has 7 nitrogen and oxygen atoms in total. The summed E-state index contributed by atoms with van der Waals surface area (Å²) < 4.78 is 0. The molecular formula is C25H38N6O. The number of hydrogen-bond donors (Lipinski definition) is 1. The first-order valence-electron chi connectivity index (χ1n) is 12.2. The Morgan fingerprint density at radius 2 is 1.72 bits per heavy atom. The van der Waals surface area contributed by atoms with Gasteiger partial charge in [0.1, 0.15) is 0 Å². The molecule has 0 atom stereocenters. The molecule has 4 rings (SSSR count). The summed E-state index contributed by atoms with van der Waals surface area (Å²) in [5.74, 6) is 1.27. The zero-order valence-electron chi connectivity index (χ0n) is 19.5. The van der Waals surface area contributed by atoms with Gasteiger partial charge in [-0.25, -0.2) is 4.99 Å². The fourth-order valence-electron chi connectivity index (χ4n) is 4.68. The average molecular weight is 439 g/mol. The lowest BCUT2D eigenvalue weighted by Gasteiger charge is -2.37. The van der Waals surface area contributed by atoms with Gasteiger partial charge in [0.15, 0.2) is 5.96 Å². The summed E-state index contributed by atoms with van der Waals surface area (Å²) in [7, 11) is 0. The summed E-state index contributed by atoms with van der Waals surface area (Å²) in [6, 6.07) is 8.72. The van der Waals surface area contributed by atoms with E-state index >= 15 is 0 Å². The summed E-state index contributed by atoms with van der Waals surface area (Å²) in [5.41, 5.74) is 2.50. The fraction of sp³-hybridized carbons (Fsp3) is 0.600. The summed E-state index contributed by atoms with van der Waals surface area (Å²) in [4.78, 5) is 26.6. The highest BCUT2D eigenvalue weighted by molar-refractivity contribution is 5.80. The second kappa shape index (κ2) is 11.4. The monoisotopic (exact) mass is 438 g/mol. The van der Waals surface area contributed by atoms with Crippen LogP contribution in [-0.2, 0) is 11.3 Å². The van der Waals surface area contributed by atoms with E-state index < -0.39 is 0 Å². The molecule has 174 valence electrons. The van der Waals surface area contributed by atoms with Crippen molar-refractivity contribution in [3.8, 4) is 0 Å². The van der Waals surface area contributed by atoms with Crippen molar-refractivity contribution >= 4 is 17.6 Å².